The van der Waals surface area contributed by atoms with E-state index in [1.807, 2.05) is 30.3 Å². The third kappa shape index (κ3) is 19.3. The third-order valence-electron chi connectivity index (χ3n) is 6.05. The van der Waals surface area contributed by atoms with Gasteiger partial charge in [-0.3, -0.25) is 0 Å². The number of aliphatic hydroxyl groups excluding tert-OH is 2. The van der Waals surface area contributed by atoms with E-state index in [1.54, 1.807) is 42.5 Å². The monoisotopic (exact) mass is 754 g/mol. The number of rotatable bonds is 8. The Morgan fingerprint density at radius 1 is 0.630 bits per heavy atom. The second kappa shape index (κ2) is 24.6. The van der Waals surface area contributed by atoms with Crippen molar-refractivity contribution in [2.75, 3.05) is 13.2 Å². The van der Waals surface area contributed by atoms with Gasteiger partial charge in [-0.2, -0.15) is 0 Å². The largest absolute Gasteiger partial charge is 1.00 e. The molecule has 0 saturated carbocycles. The normalized spacial score (nSPS) is 9.91. The van der Waals surface area contributed by atoms with Crippen LogP contribution in [0.3, 0.4) is 0 Å². The van der Waals surface area contributed by atoms with Crippen LogP contribution in [0.1, 0.15) is 40.7 Å². The van der Waals surface area contributed by atoms with Gasteiger partial charge in [0.1, 0.15) is 0 Å². The predicted octanol–water partition coefficient (Wildman–Crippen LogP) is 6.78. The van der Waals surface area contributed by atoms with Crippen molar-refractivity contribution in [2.45, 2.75) is 38.4 Å². The molecule has 0 saturated heterocycles. The first-order valence-corrected chi connectivity index (χ1v) is 15.9. The molecule has 0 heterocycles. The first-order chi connectivity index (χ1) is 21.6. The zero-order valence-corrected chi connectivity index (χ0v) is 31.9. The van der Waals surface area contributed by atoms with Gasteiger partial charge < -0.3 is 23.2 Å². The maximum absolute atomic E-state index is 11.8. The quantitative estimate of drug-likeness (QED) is 0.154. The molecule has 2 N–H and O–H groups in total. The standard InChI is InChI=1S/C18H17ClO.C10H8BrClO.C8H9BF3.K/c19-18-12-11-16(17(14-18)8-4-5-13-20)10-9-15-6-2-1-3-7-15;11-10-5-4-9(12)7-8(10)3-1-2-6-13;10-9(11,12)7-6-8-4-2-1-3-5-8;/h1-3,6-7,11-12,14,20H,5,9-10,13H2;4-5,7,13H,2,6H2;1-5H,6-7H2;/q;;-1;+1. The molecule has 2 nitrogen and oxygen atoms in total. The summed E-state index contributed by atoms with van der Waals surface area (Å²) in [6.45, 7) is -4.45. The minimum atomic E-state index is -4.63. The molecule has 236 valence electrons. The van der Waals surface area contributed by atoms with Crippen molar-refractivity contribution >= 4 is 46.1 Å². The SMILES string of the molecule is F[B-](F)(F)CCc1ccccc1.OCCC#Cc1cc(Cl)ccc1Br.OCCC#Cc1cc(Cl)ccc1CCc1ccccc1.[K+]. The number of aryl methyl sites for hydroxylation is 3. The van der Waals surface area contributed by atoms with Gasteiger partial charge in [0.15, 0.2) is 0 Å². The summed E-state index contributed by atoms with van der Waals surface area (Å²) in [6, 6.07) is 30.4. The average Bonchev–Trinajstić information content (AvgIpc) is 3.03. The molecule has 0 aliphatic carbocycles. The number of hydrogen-bond donors (Lipinski definition) is 2. The Morgan fingerprint density at radius 3 is 1.63 bits per heavy atom. The molecule has 46 heavy (non-hydrogen) atoms. The Bertz CT molecular complexity index is 1570. The van der Waals surface area contributed by atoms with Crippen molar-refractivity contribution in [3.8, 4) is 23.7 Å². The molecule has 0 fully saturated rings. The van der Waals surface area contributed by atoms with E-state index < -0.39 is 13.3 Å². The molecule has 0 radical (unpaired) electrons. The van der Waals surface area contributed by atoms with Gasteiger partial charge in [-0.05, 0) is 70.2 Å². The van der Waals surface area contributed by atoms with Crippen molar-refractivity contribution < 1.29 is 74.5 Å². The van der Waals surface area contributed by atoms with E-state index >= 15 is 0 Å². The van der Waals surface area contributed by atoms with Crippen LogP contribution in [0.2, 0.25) is 16.4 Å². The Hall–Kier alpha value is -1.53. The van der Waals surface area contributed by atoms with Crippen LogP contribution in [0.25, 0.3) is 0 Å². The summed E-state index contributed by atoms with van der Waals surface area (Å²) in [5.74, 6) is 11.8. The topological polar surface area (TPSA) is 40.5 Å². The summed E-state index contributed by atoms with van der Waals surface area (Å²) in [5, 5.41) is 18.7. The first kappa shape index (κ1) is 42.5. The van der Waals surface area contributed by atoms with Crippen molar-refractivity contribution in [3.05, 3.63) is 139 Å². The maximum Gasteiger partial charge on any atom is 1.00 e. The van der Waals surface area contributed by atoms with Crippen LogP contribution in [0, 0.1) is 23.7 Å². The van der Waals surface area contributed by atoms with Gasteiger partial charge >= 0.3 is 58.4 Å². The number of halogens is 6. The molecular formula is C36H34BBrCl2F3KO2. The Kier molecular flexibility index (Phi) is 22.7. The molecule has 0 aliphatic rings. The predicted molar refractivity (Wildman–Crippen MR) is 186 cm³/mol. The van der Waals surface area contributed by atoms with Gasteiger partial charge in [-0.25, -0.2) is 0 Å². The van der Waals surface area contributed by atoms with E-state index in [4.69, 9.17) is 33.4 Å². The second-order valence-electron chi connectivity index (χ2n) is 9.70. The van der Waals surface area contributed by atoms with Crippen LogP contribution >= 0.6 is 39.1 Å². The van der Waals surface area contributed by atoms with Gasteiger partial charge in [0, 0.05) is 38.5 Å². The maximum atomic E-state index is 11.8. The van der Waals surface area contributed by atoms with Crippen molar-refractivity contribution in [1.29, 1.82) is 0 Å². The smallest absolute Gasteiger partial charge is 0.449 e. The fourth-order valence-electron chi connectivity index (χ4n) is 3.80. The van der Waals surface area contributed by atoms with E-state index in [2.05, 4.69) is 63.9 Å². The zero-order chi connectivity index (χ0) is 32.9. The Balaban J connectivity index is 0.000000358. The molecule has 10 heteroatoms. The molecule has 0 amide bonds. The van der Waals surface area contributed by atoms with Crippen molar-refractivity contribution in [2.24, 2.45) is 0 Å². The molecule has 4 aromatic rings. The molecule has 4 aromatic carbocycles. The fourth-order valence-corrected chi connectivity index (χ4v) is 4.49. The zero-order valence-electron chi connectivity index (χ0n) is 25.6. The van der Waals surface area contributed by atoms with Crippen LogP contribution in [-0.2, 0) is 19.3 Å². The molecular weight excluding hydrogens is 722 g/mol. The third-order valence-corrected chi connectivity index (χ3v) is 7.21. The van der Waals surface area contributed by atoms with E-state index in [0.717, 1.165) is 34.0 Å². The number of benzene rings is 4. The van der Waals surface area contributed by atoms with Crippen molar-refractivity contribution in [1.82, 2.24) is 0 Å². The summed E-state index contributed by atoms with van der Waals surface area (Å²) in [5.41, 5.74) is 5.07. The van der Waals surface area contributed by atoms with Crippen LogP contribution in [0.4, 0.5) is 12.9 Å². The summed E-state index contributed by atoms with van der Waals surface area (Å²) >= 11 is 15.2. The van der Waals surface area contributed by atoms with Gasteiger partial charge in [0.2, 0.25) is 0 Å². The molecule has 0 aromatic heterocycles. The summed E-state index contributed by atoms with van der Waals surface area (Å²) in [4.78, 5) is 0. The van der Waals surface area contributed by atoms with Crippen LogP contribution < -0.4 is 51.4 Å². The number of hydrogen-bond acceptors (Lipinski definition) is 2. The average molecular weight is 756 g/mol. The Morgan fingerprint density at radius 2 is 1.11 bits per heavy atom. The van der Waals surface area contributed by atoms with Crippen LogP contribution in [0.15, 0.2) is 102 Å². The van der Waals surface area contributed by atoms with Gasteiger partial charge in [0.25, 0.3) is 0 Å². The summed E-state index contributed by atoms with van der Waals surface area (Å²) in [7, 11) is 0. The van der Waals surface area contributed by atoms with Crippen molar-refractivity contribution in [3.63, 3.8) is 0 Å². The number of aliphatic hydroxyl groups is 2. The molecule has 0 aliphatic heterocycles. The van der Waals surface area contributed by atoms with E-state index in [1.165, 1.54) is 11.1 Å². The molecule has 4 rings (SSSR count). The van der Waals surface area contributed by atoms with E-state index in [0.29, 0.717) is 22.9 Å². The van der Waals surface area contributed by atoms with Gasteiger partial charge in [-0.1, -0.05) is 132 Å². The Labute approximate surface area is 331 Å². The second-order valence-corrected chi connectivity index (χ2v) is 11.4. The van der Waals surface area contributed by atoms with Crippen LogP contribution in [-0.4, -0.2) is 30.4 Å². The van der Waals surface area contributed by atoms with E-state index in [9.17, 15) is 12.9 Å². The van der Waals surface area contributed by atoms with Gasteiger partial charge in [0.05, 0.1) is 13.2 Å². The fraction of sp³-hybridized carbons (Fsp3) is 0.222. The minimum Gasteiger partial charge on any atom is -0.449 e. The molecule has 0 atom stereocenters. The first-order valence-electron chi connectivity index (χ1n) is 14.3. The minimum absolute atomic E-state index is 0. The summed E-state index contributed by atoms with van der Waals surface area (Å²) in [6.07, 6.45) is 2.32. The summed E-state index contributed by atoms with van der Waals surface area (Å²) < 4.78 is 36.3. The van der Waals surface area contributed by atoms with E-state index in [-0.39, 0.29) is 71.0 Å². The van der Waals surface area contributed by atoms with Gasteiger partial charge in [-0.15, -0.1) is 0 Å². The molecule has 0 bridgehead atoms. The van der Waals surface area contributed by atoms with Crippen LogP contribution in [0.5, 0.6) is 0 Å². The molecule has 0 spiro atoms. The molecule has 0 unspecified atom stereocenters.